The van der Waals surface area contributed by atoms with Gasteiger partial charge in [0.05, 0.1) is 7.11 Å². The zero-order valence-corrected chi connectivity index (χ0v) is 10.4. The number of hydrogen-bond donors (Lipinski definition) is 1. The lowest BCUT2D eigenvalue weighted by atomic mass is 9.98. The number of rotatable bonds is 5. The van der Waals surface area contributed by atoms with Gasteiger partial charge in [-0.05, 0) is 37.0 Å². The van der Waals surface area contributed by atoms with E-state index in [0.717, 1.165) is 29.7 Å². The molecule has 0 spiro atoms. The first-order valence-electron chi connectivity index (χ1n) is 5.65. The smallest absolute Gasteiger partial charge is 0.122 e. The van der Waals surface area contributed by atoms with E-state index in [2.05, 4.69) is 19.6 Å². The summed E-state index contributed by atoms with van der Waals surface area (Å²) in [6.45, 7) is 8.12. The monoisotopic (exact) mass is 219 g/mol. The van der Waals surface area contributed by atoms with Crippen molar-refractivity contribution >= 4 is 0 Å². The van der Waals surface area contributed by atoms with Gasteiger partial charge in [-0.3, -0.25) is 0 Å². The van der Waals surface area contributed by atoms with Gasteiger partial charge in [-0.2, -0.15) is 0 Å². The van der Waals surface area contributed by atoms with Crippen LogP contribution in [0, 0.1) is 6.92 Å². The molecule has 2 heteroatoms. The van der Waals surface area contributed by atoms with E-state index in [4.69, 9.17) is 10.5 Å². The van der Waals surface area contributed by atoms with Gasteiger partial charge in [0.2, 0.25) is 0 Å². The first kappa shape index (κ1) is 12.8. The highest BCUT2D eigenvalue weighted by Crippen LogP contribution is 2.25. The van der Waals surface area contributed by atoms with Crippen molar-refractivity contribution in [2.24, 2.45) is 5.73 Å². The minimum atomic E-state index is 0.0157. The predicted molar refractivity (Wildman–Crippen MR) is 68.7 cm³/mol. The largest absolute Gasteiger partial charge is 0.496 e. The van der Waals surface area contributed by atoms with Crippen LogP contribution in [0.15, 0.2) is 30.4 Å². The highest BCUT2D eigenvalue weighted by Gasteiger charge is 2.09. The van der Waals surface area contributed by atoms with E-state index < -0.39 is 0 Å². The summed E-state index contributed by atoms with van der Waals surface area (Å²) in [7, 11) is 1.68. The summed E-state index contributed by atoms with van der Waals surface area (Å²) in [6.07, 6.45) is 1.82. The van der Waals surface area contributed by atoms with Crippen molar-refractivity contribution in [3.8, 4) is 5.75 Å². The molecule has 0 aliphatic heterocycles. The Morgan fingerprint density at radius 2 is 2.19 bits per heavy atom. The second-order valence-electron chi connectivity index (χ2n) is 4.14. The molecule has 1 atom stereocenters. The van der Waals surface area contributed by atoms with Crippen molar-refractivity contribution in [2.75, 3.05) is 7.11 Å². The summed E-state index contributed by atoms with van der Waals surface area (Å²) in [5, 5.41) is 0. The van der Waals surface area contributed by atoms with E-state index in [0.29, 0.717) is 0 Å². The molecule has 0 saturated heterocycles. The normalized spacial score (nSPS) is 12.2. The summed E-state index contributed by atoms with van der Waals surface area (Å²) in [6, 6.07) is 6.14. The molecule has 2 N–H and O–H groups in total. The molecule has 0 aliphatic carbocycles. The lowest BCUT2D eigenvalue weighted by molar-refractivity contribution is 0.410. The third-order valence-electron chi connectivity index (χ3n) is 2.87. The average Bonchev–Trinajstić information content (AvgIpc) is 2.29. The van der Waals surface area contributed by atoms with Gasteiger partial charge >= 0.3 is 0 Å². The number of methoxy groups -OCH3 is 1. The van der Waals surface area contributed by atoms with Crippen LogP contribution in [0.3, 0.4) is 0 Å². The summed E-state index contributed by atoms with van der Waals surface area (Å²) in [5.74, 6) is 0.898. The topological polar surface area (TPSA) is 35.2 Å². The number of nitrogens with two attached hydrogens (primary N) is 1. The third-order valence-corrected chi connectivity index (χ3v) is 2.87. The van der Waals surface area contributed by atoms with Crippen LogP contribution in [0.25, 0.3) is 0 Å². The zero-order chi connectivity index (χ0) is 12.1. The molecule has 88 valence electrons. The molecule has 0 bridgehead atoms. The Morgan fingerprint density at radius 1 is 1.50 bits per heavy atom. The molecule has 0 fully saturated rings. The van der Waals surface area contributed by atoms with Crippen LogP contribution in [0.5, 0.6) is 5.75 Å². The van der Waals surface area contributed by atoms with Crippen molar-refractivity contribution in [3.05, 3.63) is 41.5 Å². The SMILES string of the molecule is C=C(CC)CC(N)c1ccc(C)c(OC)c1. The standard InChI is InChI=1S/C14H21NO/c1-5-10(2)8-13(15)12-7-6-11(3)14(9-12)16-4/h6-7,9,13H,2,5,8,15H2,1,3-4H3. The Hall–Kier alpha value is -1.28. The Balaban J connectivity index is 2.83. The van der Waals surface area contributed by atoms with E-state index in [1.807, 2.05) is 19.1 Å². The minimum absolute atomic E-state index is 0.0157. The predicted octanol–water partition coefficient (Wildman–Crippen LogP) is 3.36. The van der Waals surface area contributed by atoms with Crippen LogP contribution in [0.2, 0.25) is 0 Å². The van der Waals surface area contributed by atoms with E-state index in [1.165, 1.54) is 5.57 Å². The minimum Gasteiger partial charge on any atom is -0.496 e. The van der Waals surface area contributed by atoms with E-state index >= 15 is 0 Å². The van der Waals surface area contributed by atoms with Gasteiger partial charge in [0, 0.05) is 6.04 Å². The molecule has 1 aromatic rings. The zero-order valence-electron chi connectivity index (χ0n) is 10.4. The van der Waals surface area contributed by atoms with Gasteiger partial charge in [0.15, 0.2) is 0 Å². The second-order valence-corrected chi connectivity index (χ2v) is 4.14. The van der Waals surface area contributed by atoms with Crippen LogP contribution < -0.4 is 10.5 Å². The molecule has 0 heterocycles. The Morgan fingerprint density at radius 3 is 2.75 bits per heavy atom. The molecule has 0 amide bonds. The van der Waals surface area contributed by atoms with E-state index in [-0.39, 0.29) is 6.04 Å². The molecule has 0 saturated carbocycles. The van der Waals surface area contributed by atoms with Crippen LogP contribution in [-0.2, 0) is 0 Å². The van der Waals surface area contributed by atoms with Gasteiger partial charge in [-0.1, -0.05) is 31.2 Å². The maximum atomic E-state index is 6.13. The van der Waals surface area contributed by atoms with Crippen LogP contribution in [-0.4, -0.2) is 7.11 Å². The fourth-order valence-electron chi connectivity index (χ4n) is 1.64. The van der Waals surface area contributed by atoms with Crippen LogP contribution in [0.4, 0.5) is 0 Å². The summed E-state index contributed by atoms with van der Waals surface area (Å²) in [5.41, 5.74) is 9.56. The molecule has 1 unspecified atom stereocenters. The number of benzene rings is 1. The van der Waals surface area contributed by atoms with Crippen molar-refractivity contribution in [1.82, 2.24) is 0 Å². The van der Waals surface area contributed by atoms with E-state index in [1.54, 1.807) is 7.11 Å². The lowest BCUT2D eigenvalue weighted by Gasteiger charge is -2.15. The average molecular weight is 219 g/mol. The highest BCUT2D eigenvalue weighted by atomic mass is 16.5. The molecule has 1 rings (SSSR count). The van der Waals surface area contributed by atoms with Gasteiger partial charge < -0.3 is 10.5 Å². The molecule has 16 heavy (non-hydrogen) atoms. The third kappa shape index (κ3) is 3.11. The maximum absolute atomic E-state index is 6.13. The molecule has 0 radical (unpaired) electrons. The maximum Gasteiger partial charge on any atom is 0.122 e. The van der Waals surface area contributed by atoms with Gasteiger partial charge in [-0.25, -0.2) is 0 Å². The molecular formula is C14H21NO. The van der Waals surface area contributed by atoms with Crippen LogP contribution in [0.1, 0.15) is 36.9 Å². The number of ether oxygens (including phenoxy) is 1. The lowest BCUT2D eigenvalue weighted by Crippen LogP contribution is -2.11. The Kier molecular flexibility index (Phi) is 4.56. The summed E-state index contributed by atoms with van der Waals surface area (Å²) < 4.78 is 5.29. The second kappa shape index (κ2) is 5.71. The molecular weight excluding hydrogens is 198 g/mol. The summed E-state index contributed by atoms with van der Waals surface area (Å²) in [4.78, 5) is 0. The van der Waals surface area contributed by atoms with Gasteiger partial charge in [0.1, 0.15) is 5.75 Å². The molecule has 0 aliphatic rings. The van der Waals surface area contributed by atoms with Crippen molar-refractivity contribution in [1.29, 1.82) is 0 Å². The molecule has 2 nitrogen and oxygen atoms in total. The summed E-state index contributed by atoms with van der Waals surface area (Å²) >= 11 is 0. The number of hydrogen-bond acceptors (Lipinski definition) is 2. The van der Waals surface area contributed by atoms with Gasteiger partial charge in [0.25, 0.3) is 0 Å². The molecule has 1 aromatic carbocycles. The fraction of sp³-hybridized carbons (Fsp3) is 0.429. The molecule has 0 aromatic heterocycles. The quantitative estimate of drug-likeness (QED) is 0.771. The van der Waals surface area contributed by atoms with E-state index in [9.17, 15) is 0 Å². The Bertz CT molecular complexity index is 371. The van der Waals surface area contributed by atoms with Gasteiger partial charge in [-0.15, -0.1) is 0 Å². The highest BCUT2D eigenvalue weighted by molar-refractivity contribution is 5.38. The fourth-order valence-corrected chi connectivity index (χ4v) is 1.64. The first-order valence-corrected chi connectivity index (χ1v) is 5.65. The van der Waals surface area contributed by atoms with Crippen LogP contribution >= 0.6 is 0 Å². The van der Waals surface area contributed by atoms with Crippen molar-refractivity contribution in [2.45, 2.75) is 32.7 Å². The number of aryl methyl sites for hydroxylation is 1. The Labute approximate surface area is 98.1 Å². The first-order chi connectivity index (χ1) is 7.58. The van der Waals surface area contributed by atoms with Crippen molar-refractivity contribution < 1.29 is 4.74 Å². The van der Waals surface area contributed by atoms with Crippen molar-refractivity contribution in [3.63, 3.8) is 0 Å².